The molecule has 0 fully saturated rings. The summed E-state index contributed by atoms with van der Waals surface area (Å²) in [6.45, 7) is 2.09. The van der Waals surface area contributed by atoms with E-state index in [-0.39, 0.29) is 5.91 Å². The number of rotatable bonds is 2. The molecule has 0 spiro atoms. The van der Waals surface area contributed by atoms with Crippen molar-refractivity contribution in [1.29, 1.82) is 0 Å². The lowest BCUT2D eigenvalue weighted by Gasteiger charge is -2.12. The van der Waals surface area contributed by atoms with Gasteiger partial charge in [0.2, 0.25) is 5.91 Å². The fraction of sp³-hybridized carbons (Fsp3) is 0.333. The van der Waals surface area contributed by atoms with E-state index in [1.807, 2.05) is 12.1 Å². The van der Waals surface area contributed by atoms with Gasteiger partial charge in [0.15, 0.2) is 0 Å². The first-order valence-electron chi connectivity index (χ1n) is 5.14. The van der Waals surface area contributed by atoms with Gasteiger partial charge in [-0.25, -0.2) is 5.43 Å². The van der Waals surface area contributed by atoms with E-state index in [4.69, 9.17) is 0 Å². The Bertz CT molecular complexity index is 410. The fourth-order valence-corrected chi connectivity index (χ4v) is 1.67. The first-order valence-corrected chi connectivity index (χ1v) is 5.14. The van der Waals surface area contributed by atoms with Crippen LogP contribution in [0.25, 0.3) is 0 Å². The van der Waals surface area contributed by atoms with Crippen molar-refractivity contribution >= 4 is 11.6 Å². The molecule has 1 aromatic rings. The molecule has 1 aromatic carbocycles. The Kier molecular flexibility index (Phi) is 2.81. The summed E-state index contributed by atoms with van der Waals surface area (Å²) in [6.07, 6.45) is 2.18. The number of nitrogens with one attached hydrogen (secondary N) is 1. The van der Waals surface area contributed by atoms with Gasteiger partial charge in [-0.3, -0.25) is 4.79 Å². The second-order valence-corrected chi connectivity index (χ2v) is 3.82. The van der Waals surface area contributed by atoms with Crippen LogP contribution in [0, 0.1) is 6.92 Å². The third-order valence-corrected chi connectivity index (χ3v) is 2.64. The van der Waals surface area contributed by atoms with Gasteiger partial charge in [0.1, 0.15) is 0 Å². The molecule has 3 heteroatoms. The van der Waals surface area contributed by atoms with Crippen molar-refractivity contribution in [3.05, 3.63) is 35.4 Å². The van der Waals surface area contributed by atoms with Crippen molar-refractivity contribution in [3.63, 3.8) is 0 Å². The summed E-state index contributed by atoms with van der Waals surface area (Å²) in [5, 5.41) is 4.06. The maximum atomic E-state index is 10.9. The second-order valence-electron chi connectivity index (χ2n) is 3.82. The van der Waals surface area contributed by atoms with Crippen LogP contribution in [0.3, 0.4) is 0 Å². The Morgan fingerprint density at radius 1 is 1.33 bits per heavy atom. The zero-order chi connectivity index (χ0) is 10.7. The molecule has 0 radical (unpaired) electrons. The maximum Gasteiger partial charge on any atom is 0.240 e. The number of hydrazone groups is 1. The molecule has 3 nitrogen and oxygen atoms in total. The van der Waals surface area contributed by atoms with Crippen LogP contribution < -0.4 is 5.43 Å². The number of carbonyl (C=O) groups is 1. The van der Waals surface area contributed by atoms with Crippen molar-refractivity contribution in [2.24, 2.45) is 5.10 Å². The molecule has 1 N–H and O–H groups in total. The molecular weight excluding hydrogens is 188 g/mol. The maximum absolute atomic E-state index is 10.9. The van der Waals surface area contributed by atoms with Crippen LogP contribution in [0.2, 0.25) is 0 Å². The van der Waals surface area contributed by atoms with Gasteiger partial charge in [0.25, 0.3) is 0 Å². The van der Waals surface area contributed by atoms with Crippen LogP contribution >= 0.6 is 0 Å². The SMILES string of the molecule is Cc1ccccc1CC1=NNC(=O)CC1. The van der Waals surface area contributed by atoms with E-state index in [1.54, 1.807) is 0 Å². The molecule has 0 saturated heterocycles. The second kappa shape index (κ2) is 4.26. The van der Waals surface area contributed by atoms with E-state index in [2.05, 4.69) is 29.6 Å². The van der Waals surface area contributed by atoms with E-state index in [1.165, 1.54) is 11.1 Å². The number of hydrogen-bond acceptors (Lipinski definition) is 2. The van der Waals surface area contributed by atoms with Crippen LogP contribution in [0.4, 0.5) is 0 Å². The van der Waals surface area contributed by atoms with Gasteiger partial charge in [0.05, 0.1) is 0 Å². The minimum Gasteiger partial charge on any atom is -0.273 e. The Morgan fingerprint density at radius 2 is 2.13 bits per heavy atom. The van der Waals surface area contributed by atoms with Gasteiger partial charge in [0, 0.05) is 18.6 Å². The molecule has 1 aliphatic rings. The summed E-state index contributed by atoms with van der Waals surface area (Å²) in [6, 6.07) is 8.26. The van der Waals surface area contributed by atoms with Gasteiger partial charge in [-0.1, -0.05) is 24.3 Å². The Balaban J connectivity index is 2.10. The Labute approximate surface area is 89.2 Å². The Hall–Kier alpha value is -1.64. The lowest BCUT2D eigenvalue weighted by atomic mass is 10.0. The van der Waals surface area contributed by atoms with E-state index in [0.717, 1.165) is 18.6 Å². The van der Waals surface area contributed by atoms with E-state index >= 15 is 0 Å². The van der Waals surface area contributed by atoms with E-state index in [0.29, 0.717) is 6.42 Å². The molecule has 78 valence electrons. The predicted octanol–water partition coefficient (Wildman–Crippen LogP) is 1.80. The third kappa shape index (κ3) is 2.43. The normalized spacial score (nSPS) is 15.8. The van der Waals surface area contributed by atoms with Crippen LogP contribution in [-0.2, 0) is 11.2 Å². The number of hydrogen-bond donors (Lipinski definition) is 1. The predicted molar refractivity (Wildman–Crippen MR) is 59.7 cm³/mol. The average molecular weight is 202 g/mol. The monoisotopic (exact) mass is 202 g/mol. The molecule has 0 aromatic heterocycles. The lowest BCUT2D eigenvalue weighted by molar-refractivity contribution is -0.121. The van der Waals surface area contributed by atoms with Gasteiger partial charge < -0.3 is 0 Å². The quantitative estimate of drug-likeness (QED) is 0.780. The van der Waals surface area contributed by atoms with Gasteiger partial charge in [-0.05, 0) is 24.5 Å². The molecule has 0 unspecified atom stereocenters. The number of nitrogens with zero attached hydrogens (tertiary/aromatic N) is 1. The Morgan fingerprint density at radius 3 is 2.80 bits per heavy atom. The third-order valence-electron chi connectivity index (χ3n) is 2.64. The van der Waals surface area contributed by atoms with E-state index < -0.39 is 0 Å². The summed E-state index contributed by atoms with van der Waals surface area (Å²) >= 11 is 0. The van der Waals surface area contributed by atoms with Crippen molar-refractivity contribution in [1.82, 2.24) is 5.43 Å². The summed E-state index contributed by atoms with van der Waals surface area (Å²) in [7, 11) is 0. The highest BCUT2D eigenvalue weighted by molar-refractivity contribution is 5.93. The highest BCUT2D eigenvalue weighted by Crippen LogP contribution is 2.11. The molecule has 0 saturated carbocycles. The zero-order valence-electron chi connectivity index (χ0n) is 8.79. The van der Waals surface area contributed by atoms with Crippen molar-refractivity contribution in [2.45, 2.75) is 26.2 Å². The van der Waals surface area contributed by atoms with Crippen LogP contribution in [0.5, 0.6) is 0 Å². The number of carbonyl (C=O) groups excluding carboxylic acids is 1. The standard InChI is InChI=1S/C12H14N2O/c1-9-4-2-3-5-10(9)8-11-6-7-12(15)14-13-11/h2-5H,6-8H2,1H3,(H,14,15). The average Bonchev–Trinajstić information content (AvgIpc) is 2.25. The van der Waals surface area contributed by atoms with Crippen LogP contribution in [0.15, 0.2) is 29.4 Å². The van der Waals surface area contributed by atoms with Gasteiger partial charge >= 0.3 is 0 Å². The molecule has 1 heterocycles. The zero-order valence-corrected chi connectivity index (χ0v) is 8.79. The van der Waals surface area contributed by atoms with Gasteiger partial charge in [-0.15, -0.1) is 0 Å². The highest BCUT2D eigenvalue weighted by atomic mass is 16.2. The lowest BCUT2D eigenvalue weighted by Crippen LogP contribution is -2.26. The molecule has 0 atom stereocenters. The first kappa shape index (κ1) is 9.90. The summed E-state index contributed by atoms with van der Waals surface area (Å²) in [5.74, 6) is 0.0172. The first-order chi connectivity index (χ1) is 7.25. The fourth-order valence-electron chi connectivity index (χ4n) is 1.67. The summed E-state index contributed by atoms with van der Waals surface area (Å²) < 4.78 is 0. The topological polar surface area (TPSA) is 41.5 Å². The largest absolute Gasteiger partial charge is 0.273 e. The molecule has 0 bridgehead atoms. The van der Waals surface area contributed by atoms with Crippen molar-refractivity contribution < 1.29 is 4.79 Å². The molecule has 1 aliphatic heterocycles. The molecule has 2 rings (SSSR count). The highest BCUT2D eigenvalue weighted by Gasteiger charge is 2.12. The van der Waals surface area contributed by atoms with Crippen molar-refractivity contribution in [3.8, 4) is 0 Å². The summed E-state index contributed by atoms with van der Waals surface area (Å²) in [5.41, 5.74) is 6.14. The molecule has 15 heavy (non-hydrogen) atoms. The molecule has 0 aliphatic carbocycles. The van der Waals surface area contributed by atoms with Crippen molar-refractivity contribution in [2.75, 3.05) is 0 Å². The number of benzene rings is 1. The minimum atomic E-state index is 0.0172. The van der Waals surface area contributed by atoms with E-state index in [9.17, 15) is 4.79 Å². The minimum absolute atomic E-state index is 0.0172. The van der Waals surface area contributed by atoms with Crippen LogP contribution in [-0.4, -0.2) is 11.6 Å². The molecule has 1 amide bonds. The smallest absolute Gasteiger partial charge is 0.240 e. The summed E-state index contributed by atoms with van der Waals surface area (Å²) in [4.78, 5) is 10.9. The van der Waals surface area contributed by atoms with Gasteiger partial charge in [-0.2, -0.15) is 5.10 Å². The number of amides is 1. The number of aryl methyl sites for hydroxylation is 1. The van der Waals surface area contributed by atoms with Crippen LogP contribution in [0.1, 0.15) is 24.0 Å². The molecular formula is C12H14N2O.